The maximum Gasteiger partial charge on any atom is 0.508 e. The summed E-state index contributed by atoms with van der Waals surface area (Å²) >= 11 is 0. The summed E-state index contributed by atoms with van der Waals surface area (Å²) in [6.45, 7) is 5.43. The summed E-state index contributed by atoms with van der Waals surface area (Å²) < 4.78 is 19.2. The number of hydrogen-bond donors (Lipinski definition) is 0. The molecule has 0 aliphatic carbocycles. The van der Waals surface area contributed by atoms with Crippen LogP contribution < -0.4 is 0 Å². The molecular formula is C9H17O5. The maximum absolute atomic E-state index is 10.7. The van der Waals surface area contributed by atoms with Crippen molar-refractivity contribution in [1.29, 1.82) is 0 Å². The van der Waals surface area contributed by atoms with Crippen molar-refractivity contribution >= 4 is 6.16 Å². The predicted molar refractivity (Wildman–Crippen MR) is 49.7 cm³/mol. The summed E-state index contributed by atoms with van der Waals surface area (Å²) in [4.78, 5) is 10.7. The highest BCUT2D eigenvalue weighted by Gasteiger charge is 2.14. The van der Waals surface area contributed by atoms with Gasteiger partial charge in [0.2, 0.25) is 0 Å². The van der Waals surface area contributed by atoms with E-state index in [1.807, 2.05) is 13.8 Å². The average Bonchev–Trinajstić information content (AvgIpc) is 2.21. The van der Waals surface area contributed by atoms with Gasteiger partial charge in [0.1, 0.15) is 7.11 Å². The van der Waals surface area contributed by atoms with Crippen LogP contribution in [0.4, 0.5) is 4.79 Å². The van der Waals surface area contributed by atoms with Crippen molar-refractivity contribution in [3.05, 3.63) is 7.11 Å². The lowest BCUT2D eigenvalue weighted by Gasteiger charge is -2.16. The largest absolute Gasteiger partial charge is 0.508 e. The van der Waals surface area contributed by atoms with Crippen LogP contribution in [0.15, 0.2) is 0 Å². The van der Waals surface area contributed by atoms with Crippen molar-refractivity contribution in [3.8, 4) is 0 Å². The first-order chi connectivity index (χ1) is 6.74. The smallest absolute Gasteiger partial charge is 0.431 e. The Balaban J connectivity index is 3.77. The van der Waals surface area contributed by atoms with Crippen LogP contribution in [-0.2, 0) is 18.9 Å². The average molecular weight is 205 g/mol. The quantitative estimate of drug-likeness (QED) is 0.587. The topological polar surface area (TPSA) is 54.0 Å². The molecule has 0 heterocycles. The molecule has 0 unspecified atom stereocenters. The molecule has 0 aromatic carbocycles. The molecule has 0 aromatic heterocycles. The van der Waals surface area contributed by atoms with E-state index in [0.29, 0.717) is 26.4 Å². The lowest BCUT2D eigenvalue weighted by molar-refractivity contribution is -0.0406. The van der Waals surface area contributed by atoms with Crippen LogP contribution in [0, 0.1) is 7.11 Å². The second-order valence-electron chi connectivity index (χ2n) is 2.45. The Labute approximate surface area is 84.3 Å². The van der Waals surface area contributed by atoms with Crippen molar-refractivity contribution in [2.24, 2.45) is 0 Å². The predicted octanol–water partition coefficient (Wildman–Crippen LogP) is 1.37. The monoisotopic (exact) mass is 205 g/mol. The van der Waals surface area contributed by atoms with E-state index in [2.05, 4.69) is 11.8 Å². The van der Waals surface area contributed by atoms with Gasteiger partial charge in [-0.3, -0.25) is 0 Å². The van der Waals surface area contributed by atoms with Gasteiger partial charge in [-0.25, -0.2) is 4.79 Å². The fourth-order valence-corrected chi connectivity index (χ4v) is 0.785. The van der Waals surface area contributed by atoms with Gasteiger partial charge in [0.25, 0.3) is 0 Å². The van der Waals surface area contributed by atoms with Crippen LogP contribution in [0.1, 0.15) is 13.8 Å². The standard InChI is InChI=1S/C9H17O5/c1-4-12-6-8(7-13-5-2)14-9(10)11-3/h8H,3-7H2,1-2H3. The zero-order chi connectivity index (χ0) is 10.8. The molecule has 0 bridgehead atoms. The minimum Gasteiger partial charge on any atom is -0.431 e. The van der Waals surface area contributed by atoms with Crippen LogP contribution in [0.3, 0.4) is 0 Å². The molecule has 0 N–H and O–H groups in total. The molecule has 5 nitrogen and oxygen atoms in total. The van der Waals surface area contributed by atoms with Crippen LogP contribution in [0.2, 0.25) is 0 Å². The lowest BCUT2D eigenvalue weighted by Crippen LogP contribution is -2.28. The Morgan fingerprint density at radius 1 is 1.21 bits per heavy atom. The van der Waals surface area contributed by atoms with Gasteiger partial charge >= 0.3 is 6.16 Å². The van der Waals surface area contributed by atoms with Crippen LogP contribution in [-0.4, -0.2) is 38.7 Å². The van der Waals surface area contributed by atoms with Crippen molar-refractivity contribution in [1.82, 2.24) is 0 Å². The van der Waals surface area contributed by atoms with E-state index in [1.54, 1.807) is 0 Å². The molecule has 0 aliphatic heterocycles. The lowest BCUT2D eigenvalue weighted by atomic mass is 10.4. The molecule has 0 rings (SSSR count). The Kier molecular flexibility index (Phi) is 8.27. The highest BCUT2D eigenvalue weighted by molar-refractivity contribution is 5.60. The van der Waals surface area contributed by atoms with Crippen molar-refractivity contribution in [3.63, 3.8) is 0 Å². The SMILES string of the molecule is [CH2]OC(=O)OC(COCC)COCC. The fraction of sp³-hybridized carbons (Fsp3) is 0.778. The Hall–Kier alpha value is -0.810. The van der Waals surface area contributed by atoms with Gasteiger partial charge in [0.05, 0.1) is 13.2 Å². The summed E-state index contributed by atoms with van der Waals surface area (Å²) in [7, 11) is 2.94. The normalized spacial score (nSPS) is 10.3. The third-order valence-electron chi connectivity index (χ3n) is 1.40. The van der Waals surface area contributed by atoms with Gasteiger partial charge in [0, 0.05) is 13.2 Å². The molecule has 0 aliphatic rings. The first-order valence-corrected chi connectivity index (χ1v) is 4.52. The zero-order valence-electron chi connectivity index (χ0n) is 8.65. The minimum atomic E-state index is -0.825. The first-order valence-electron chi connectivity index (χ1n) is 4.52. The summed E-state index contributed by atoms with van der Waals surface area (Å²) in [6, 6.07) is 0. The Bertz CT molecular complexity index is 140. The molecule has 0 spiro atoms. The molecule has 1 radical (unpaired) electrons. The molecule has 0 aromatic rings. The molecule has 0 saturated carbocycles. The second-order valence-corrected chi connectivity index (χ2v) is 2.45. The zero-order valence-corrected chi connectivity index (χ0v) is 8.65. The van der Waals surface area contributed by atoms with Crippen LogP contribution in [0.5, 0.6) is 0 Å². The third-order valence-corrected chi connectivity index (χ3v) is 1.40. The summed E-state index contributed by atoms with van der Waals surface area (Å²) in [5.41, 5.74) is 0. The molecule has 0 atom stereocenters. The summed E-state index contributed by atoms with van der Waals surface area (Å²) in [6.07, 6.45) is -1.27. The number of hydrogen-bond acceptors (Lipinski definition) is 5. The van der Waals surface area contributed by atoms with E-state index in [0.717, 1.165) is 0 Å². The molecule has 0 fully saturated rings. The highest BCUT2D eigenvalue weighted by Crippen LogP contribution is 1.98. The number of carbonyl (C=O) groups excluding carboxylic acids is 1. The van der Waals surface area contributed by atoms with E-state index in [-0.39, 0.29) is 0 Å². The van der Waals surface area contributed by atoms with Crippen LogP contribution in [0.25, 0.3) is 0 Å². The van der Waals surface area contributed by atoms with E-state index in [9.17, 15) is 4.79 Å². The molecule has 0 saturated heterocycles. The summed E-state index contributed by atoms with van der Waals surface area (Å²) in [5.74, 6) is 0. The van der Waals surface area contributed by atoms with Crippen molar-refractivity contribution in [2.75, 3.05) is 26.4 Å². The first kappa shape index (κ1) is 13.2. The Morgan fingerprint density at radius 2 is 1.71 bits per heavy atom. The fourth-order valence-electron chi connectivity index (χ4n) is 0.785. The van der Waals surface area contributed by atoms with Gasteiger partial charge in [-0.05, 0) is 13.8 Å². The van der Waals surface area contributed by atoms with Gasteiger partial charge in [0.15, 0.2) is 6.10 Å². The molecule has 5 heteroatoms. The third kappa shape index (κ3) is 6.68. The second kappa shape index (κ2) is 8.77. The van der Waals surface area contributed by atoms with Crippen LogP contribution >= 0.6 is 0 Å². The summed E-state index contributed by atoms with van der Waals surface area (Å²) in [5, 5.41) is 0. The van der Waals surface area contributed by atoms with E-state index in [4.69, 9.17) is 14.2 Å². The Morgan fingerprint density at radius 3 is 2.07 bits per heavy atom. The van der Waals surface area contributed by atoms with Crippen molar-refractivity contribution < 1.29 is 23.7 Å². The number of ether oxygens (including phenoxy) is 4. The maximum atomic E-state index is 10.7. The number of carbonyl (C=O) groups is 1. The van der Waals surface area contributed by atoms with Gasteiger partial charge < -0.3 is 18.9 Å². The van der Waals surface area contributed by atoms with E-state index >= 15 is 0 Å². The van der Waals surface area contributed by atoms with E-state index in [1.165, 1.54) is 0 Å². The molecular weight excluding hydrogens is 188 g/mol. The number of rotatable bonds is 7. The van der Waals surface area contributed by atoms with Crippen molar-refractivity contribution in [2.45, 2.75) is 20.0 Å². The highest BCUT2D eigenvalue weighted by atomic mass is 16.7. The molecule has 83 valence electrons. The molecule has 14 heavy (non-hydrogen) atoms. The van der Waals surface area contributed by atoms with Gasteiger partial charge in [-0.15, -0.1) is 0 Å². The van der Waals surface area contributed by atoms with Gasteiger partial charge in [-0.1, -0.05) is 0 Å². The van der Waals surface area contributed by atoms with Gasteiger partial charge in [-0.2, -0.15) is 0 Å². The molecule has 0 amide bonds. The minimum absolute atomic E-state index is 0.297. The van der Waals surface area contributed by atoms with E-state index < -0.39 is 12.3 Å².